The molecule has 0 amide bonds. The van der Waals surface area contributed by atoms with Crippen LogP contribution in [-0.2, 0) is 12.6 Å². The smallest absolute Gasteiger partial charge is 0.248 e. The third kappa shape index (κ3) is 1.49. The number of aromatic nitrogens is 1. The minimum Gasteiger partial charge on any atom is -0.248 e. The first-order valence-corrected chi connectivity index (χ1v) is 4.55. The van der Waals surface area contributed by atoms with Crippen molar-refractivity contribution in [1.82, 2.24) is 4.98 Å². The van der Waals surface area contributed by atoms with Gasteiger partial charge in [-0.2, -0.15) is 13.2 Å². The number of alkyl halides is 3. The van der Waals surface area contributed by atoms with Gasteiger partial charge in [0.05, 0.1) is 0 Å². The van der Waals surface area contributed by atoms with E-state index in [0.717, 1.165) is 18.1 Å². The summed E-state index contributed by atoms with van der Waals surface area (Å²) in [5.41, 5.74) is 0.815. The van der Waals surface area contributed by atoms with E-state index in [1.807, 2.05) is 6.92 Å². The van der Waals surface area contributed by atoms with Crippen molar-refractivity contribution in [1.29, 1.82) is 0 Å². The summed E-state index contributed by atoms with van der Waals surface area (Å²) < 4.78 is 36.9. The van der Waals surface area contributed by atoms with Crippen molar-refractivity contribution in [2.45, 2.75) is 31.9 Å². The fraction of sp³-hybridized carbons (Fsp3) is 0.500. The lowest BCUT2D eigenvalue weighted by Gasteiger charge is -2.08. The first-order valence-electron chi connectivity index (χ1n) is 4.55. The molecule has 0 spiro atoms. The van der Waals surface area contributed by atoms with Crippen LogP contribution in [0.15, 0.2) is 12.1 Å². The van der Waals surface area contributed by atoms with Crippen LogP contribution >= 0.6 is 0 Å². The molecule has 2 rings (SSSR count). The Kier molecular flexibility index (Phi) is 2.01. The van der Waals surface area contributed by atoms with Crippen molar-refractivity contribution < 1.29 is 13.2 Å². The van der Waals surface area contributed by atoms with Gasteiger partial charge in [-0.1, -0.05) is 13.0 Å². The minimum absolute atomic E-state index is 0.347. The predicted octanol–water partition coefficient (Wildman–Crippen LogP) is 3.15. The number of nitrogens with zero attached hydrogens (tertiary/aromatic N) is 1. The van der Waals surface area contributed by atoms with E-state index in [0.29, 0.717) is 18.0 Å². The summed E-state index contributed by atoms with van der Waals surface area (Å²) in [6.07, 6.45) is -2.75. The number of fused-ring (bicyclic) bond motifs is 1. The standard InChI is InChI=1S/C10H10F3N/c1-6-2-4-8-7(6)3-5-9(14-8)10(11,12)13/h3,5-6H,2,4H2,1H3/t6-/m1/s1. The molecule has 1 aliphatic carbocycles. The molecule has 14 heavy (non-hydrogen) atoms. The second-order valence-corrected chi connectivity index (χ2v) is 3.67. The van der Waals surface area contributed by atoms with E-state index < -0.39 is 11.9 Å². The molecule has 1 atom stereocenters. The van der Waals surface area contributed by atoms with Crippen LogP contribution < -0.4 is 0 Å². The van der Waals surface area contributed by atoms with Gasteiger partial charge in [-0.15, -0.1) is 0 Å². The van der Waals surface area contributed by atoms with Crippen LogP contribution in [0.1, 0.15) is 36.2 Å². The van der Waals surface area contributed by atoms with Crippen LogP contribution in [0.25, 0.3) is 0 Å². The molecule has 0 aliphatic heterocycles. The molecule has 4 heteroatoms. The molecule has 1 nitrogen and oxygen atoms in total. The number of hydrogen-bond acceptors (Lipinski definition) is 1. The van der Waals surface area contributed by atoms with Gasteiger partial charge in [0, 0.05) is 5.69 Å². The second-order valence-electron chi connectivity index (χ2n) is 3.67. The predicted molar refractivity (Wildman–Crippen MR) is 46.0 cm³/mol. The molecule has 0 N–H and O–H groups in total. The number of pyridine rings is 1. The van der Waals surface area contributed by atoms with Gasteiger partial charge in [0.15, 0.2) is 0 Å². The Bertz CT molecular complexity index is 357. The van der Waals surface area contributed by atoms with E-state index in [1.54, 1.807) is 6.07 Å². The minimum atomic E-state index is -4.32. The lowest BCUT2D eigenvalue weighted by molar-refractivity contribution is -0.141. The zero-order valence-corrected chi connectivity index (χ0v) is 7.73. The van der Waals surface area contributed by atoms with Gasteiger partial charge >= 0.3 is 6.18 Å². The average molecular weight is 201 g/mol. The molecular weight excluding hydrogens is 191 g/mol. The van der Waals surface area contributed by atoms with Crippen molar-refractivity contribution in [3.05, 3.63) is 29.1 Å². The summed E-state index contributed by atoms with van der Waals surface area (Å²) in [6.45, 7) is 2.01. The first kappa shape index (κ1) is 9.49. The molecule has 1 aromatic rings. The summed E-state index contributed by atoms with van der Waals surface area (Å²) in [5.74, 6) is 0.347. The van der Waals surface area contributed by atoms with Gasteiger partial charge in [0.2, 0.25) is 0 Å². The third-order valence-electron chi connectivity index (χ3n) is 2.64. The lowest BCUT2D eigenvalue weighted by atomic mass is 10.1. The lowest BCUT2D eigenvalue weighted by Crippen LogP contribution is -2.09. The zero-order chi connectivity index (χ0) is 10.3. The Morgan fingerprint density at radius 2 is 2.07 bits per heavy atom. The normalized spacial score (nSPS) is 21.0. The Morgan fingerprint density at radius 3 is 2.71 bits per heavy atom. The third-order valence-corrected chi connectivity index (χ3v) is 2.64. The van der Waals surface area contributed by atoms with Gasteiger partial charge in [-0.25, -0.2) is 4.98 Å². The molecule has 76 valence electrons. The summed E-state index contributed by atoms with van der Waals surface area (Å²) in [5, 5.41) is 0. The van der Waals surface area contributed by atoms with E-state index in [-0.39, 0.29) is 0 Å². The summed E-state index contributed by atoms with van der Waals surface area (Å²) >= 11 is 0. The number of halogens is 3. The van der Waals surface area contributed by atoms with Crippen LogP contribution in [0.2, 0.25) is 0 Å². The Balaban J connectivity index is 2.42. The molecule has 0 fully saturated rings. The number of rotatable bonds is 0. The van der Waals surface area contributed by atoms with Crippen LogP contribution in [0.4, 0.5) is 13.2 Å². The maximum Gasteiger partial charge on any atom is 0.433 e. The van der Waals surface area contributed by atoms with E-state index in [2.05, 4.69) is 4.98 Å². The van der Waals surface area contributed by atoms with E-state index in [9.17, 15) is 13.2 Å². The summed E-state index contributed by atoms with van der Waals surface area (Å²) in [7, 11) is 0. The topological polar surface area (TPSA) is 12.9 Å². The van der Waals surface area contributed by atoms with Crippen molar-refractivity contribution in [3.63, 3.8) is 0 Å². The van der Waals surface area contributed by atoms with E-state index in [1.165, 1.54) is 0 Å². The molecule has 0 saturated carbocycles. The molecule has 0 unspecified atom stereocenters. The number of hydrogen-bond donors (Lipinski definition) is 0. The van der Waals surface area contributed by atoms with Crippen molar-refractivity contribution >= 4 is 0 Å². The van der Waals surface area contributed by atoms with Crippen LogP contribution in [-0.4, -0.2) is 4.98 Å². The van der Waals surface area contributed by atoms with Crippen LogP contribution in [0.3, 0.4) is 0 Å². The van der Waals surface area contributed by atoms with E-state index >= 15 is 0 Å². The number of aryl methyl sites for hydroxylation is 1. The van der Waals surface area contributed by atoms with Gasteiger partial charge < -0.3 is 0 Å². The fourth-order valence-corrected chi connectivity index (χ4v) is 1.83. The summed E-state index contributed by atoms with van der Waals surface area (Å²) in [4.78, 5) is 3.65. The highest BCUT2D eigenvalue weighted by Gasteiger charge is 2.34. The van der Waals surface area contributed by atoms with Crippen molar-refractivity contribution in [2.75, 3.05) is 0 Å². The molecule has 1 aliphatic rings. The Hall–Kier alpha value is -1.06. The molecule has 1 aromatic heterocycles. The highest BCUT2D eigenvalue weighted by Crippen LogP contribution is 2.34. The Morgan fingerprint density at radius 1 is 1.36 bits per heavy atom. The Labute approximate surface area is 80.0 Å². The van der Waals surface area contributed by atoms with Gasteiger partial charge in [-0.3, -0.25) is 0 Å². The maximum atomic E-state index is 12.3. The largest absolute Gasteiger partial charge is 0.433 e. The fourth-order valence-electron chi connectivity index (χ4n) is 1.83. The average Bonchev–Trinajstić information content (AvgIpc) is 2.46. The van der Waals surface area contributed by atoms with Crippen LogP contribution in [0.5, 0.6) is 0 Å². The zero-order valence-electron chi connectivity index (χ0n) is 7.73. The molecular formula is C10H10F3N. The van der Waals surface area contributed by atoms with Gasteiger partial charge in [-0.05, 0) is 30.4 Å². The monoisotopic (exact) mass is 201 g/mol. The van der Waals surface area contributed by atoms with Crippen LogP contribution in [0, 0.1) is 0 Å². The SMILES string of the molecule is C[C@@H]1CCc2nc(C(F)(F)F)ccc21. The highest BCUT2D eigenvalue weighted by molar-refractivity contribution is 5.31. The van der Waals surface area contributed by atoms with Crippen molar-refractivity contribution in [3.8, 4) is 0 Å². The molecule has 0 aromatic carbocycles. The highest BCUT2D eigenvalue weighted by atomic mass is 19.4. The van der Waals surface area contributed by atoms with Gasteiger partial charge in [0.25, 0.3) is 0 Å². The molecule has 1 heterocycles. The molecule has 0 bridgehead atoms. The van der Waals surface area contributed by atoms with Gasteiger partial charge in [0.1, 0.15) is 5.69 Å². The summed E-state index contributed by atoms with van der Waals surface area (Å²) in [6, 6.07) is 2.63. The van der Waals surface area contributed by atoms with Crippen molar-refractivity contribution in [2.24, 2.45) is 0 Å². The second kappa shape index (κ2) is 2.97. The first-order chi connectivity index (χ1) is 6.48. The quantitative estimate of drug-likeness (QED) is 0.628. The van der Waals surface area contributed by atoms with E-state index in [4.69, 9.17) is 0 Å². The molecule has 0 radical (unpaired) electrons. The maximum absolute atomic E-state index is 12.3. The molecule has 0 saturated heterocycles.